The Labute approximate surface area is 206 Å². The molecule has 36 heavy (non-hydrogen) atoms. The van der Waals surface area contributed by atoms with Crippen LogP contribution in [0, 0.1) is 0 Å². The second-order valence-electron chi connectivity index (χ2n) is 9.02. The van der Waals surface area contributed by atoms with Crippen LogP contribution in [-0.4, -0.2) is 33.2 Å². The molecule has 9 heteroatoms. The van der Waals surface area contributed by atoms with Crippen LogP contribution in [0.5, 0.6) is 5.75 Å². The van der Waals surface area contributed by atoms with Gasteiger partial charge in [-0.25, -0.2) is 4.98 Å². The average molecular weight is 495 g/mol. The molecule has 186 valence electrons. The van der Waals surface area contributed by atoms with Crippen LogP contribution >= 0.6 is 0 Å². The van der Waals surface area contributed by atoms with E-state index in [1.54, 1.807) is 13.0 Å². The highest BCUT2D eigenvalue weighted by Crippen LogP contribution is 2.41. The number of hydrogen-bond donors (Lipinski definition) is 1. The fourth-order valence-electron chi connectivity index (χ4n) is 4.14. The first-order valence-corrected chi connectivity index (χ1v) is 11.8. The Morgan fingerprint density at radius 1 is 1.11 bits per heavy atom. The number of hydrogen-bond acceptors (Lipinski definition) is 4. The van der Waals surface area contributed by atoms with E-state index < -0.39 is 18.8 Å². The zero-order valence-electron chi connectivity index (χ0n) is 19.6. The first-order valence-electron chi connectivity index (χ1n) is 11.8. The van der Waals surface area contributed by atoms with Gasteiger partial charge >= 0.3 is 6.18 Å². The van der Waals surface area contributed by atoms with Gasteiger partial charge in [0.15, 0.2) is 6.61 Å². The van der Waals surface area contributed by atoms with E-state index in [4.69, 9.17) is 4.98 Å². The van der Waals surface area contributed by atoms with Gasteiger partial charge in [-0.05, 0) is 61.7 Å². The number of carbonyl (C=O) groups is 1. The van der Waals surface area contributed by atoms with Crippen molar-refractivity contribution in [3.63, 3.8) is 0 Å². The standard InChI is InChI=1S/C27H25F3N4O2/c1-17(22-13-12-21(15-31-22)36-16-27(28,29)30)32-25(35)14-18-6-10-20(11-7-18)34-24-5-3-2-4-23(24)33-26(34)19-8-9-19/h2-7,10-13,15,17,19H,8-9,14,16H2,1H3,(H,32,35)/t17-/m1/s1. The van der Waals surface area contributed by atoms with Gasteiger partial charge in [0.25, 0.3) is 0 Å². The van der Waals surface area contributed by atoms with Gasteiger partial charge in [-0.2, -0.15) is 13.2 Å². The minimum atomic E-state index is -4.41. The summed E-state index contributed by atoms with van der Waals surface area (Å²) in [6.07, 6.45) is -0.699. The molecule has 1 aliphatic rings. The van der Waals surface area contributed by atoms with Crippen molar-refractivity contribution < 1.29 is 22.7 Å². The van der Waals surface area contributed by atoms with Crippen molar-refractivity contribution in [2.45, 2.75) is 44.3 Å². The summed E-state index contributed by atoms with van der Waals surface area (Å²) >= 11 is 0. The molecule has 6 nitrogen and oxygen atoms in total. The van der Waals surface area contributed by atoms with E-state index >= 15 is 0 Å². The van der Waals surface area contributed by atoms with Crippen molar-refractivity contribution in [1.82, 2.24) is 19.9 Å². The van der Waals surface area contributed by atoms with E-state index in [0.717, 1.165) is 41.0 Å². The first kappa shape index (κ1) is 23.8. The summed E-state index contributed by atoms with van der Waals surface area (Å²) in [6, 6.07) is 18.5. The van der Waals surface area contributed by atoms with Gasteiger partial charge < -0.3 is 10.1 Å². The zero-order chi connectivity index (χ0) is 25.3. The summed E-state index contributed by atoms with van der Waals surface area (Å²) < 4.78 is 43.7. The van der Waals surface area contributed by atoms with Gasteiger partial charge in [-0.15, -0.1) is 0 Å². The zero-order valence-corrected chi connectivity index (χ0v) is 19.6. The van der Waals surface area contributed by atoms with Crippen LogP contribution in [0.4, 0.5) is 13.2 Å². The third kappa shape index (κ3) is 5.50. The molecule has 2 heterocycles. The molecular formula is C27H25F3N4O2. The number of amides is 1. The topological polar surface area (TPSA) is 69.0 Å². The van der Waals surface area contributed by atoms with Crippen molar-refractivity contribution in [3.05, 3.63) is 83.9 Å². The van der Waals surface area contributed by atoms with Gasteiger partial charge in [0.1, 0.15) is 11.6 Å². The maximum absolute atomic E-state index is 12.6. The van der Waals surface area contributed by atoms with E-state index in [9.17, 15) is 18.0 Å². The Hall–Kier alpha value is -3.88. The number of fused-ring (bicyclic) bond motifs is 1. The highest BCUT2D eigenvalue weighted by atomic mass is 19.4. The number of para-hydroxylation sites is 2. The van der Waals surface area contributed by atoms with Crippen LogP contribution in [-0.2, 0) is 11.2 Å². The molecule has 1 atom stereocenters. The van der Waals surface area contributed by atoms with Crippen LogP contribution in [0.15, 0.2) is 66.9 Å². The predicted octanol–water partition coefficient (Wildman–Crippen LogP) is 5.66. The van der Waals surface area contributed by atoms with Crippen LogP contribution in [0.2, 0.25) is 0 Å². The normalized spacial score (nSPS) is 14.6. The summed E-state index contributed by atoms with van der Waals surface area (Å²) in [6.45, 7) is 0.390. The number of halogens is 3. The predicted molar refractivity (Wildman–Crippen MR) is 129 cm³/mol. The summed E-state index contributed by atoms with van der Waals surface area (Å²) in [5, 5.41) is 2.88. The second-order valence-corrected chi connectivity index (χ2v) is 9.02. The highest BCUT2D eigenvalue weighted by Gasteiger charge is 2.30. The molecule has 0 saturated heterocycles. The molecule has 1 amide bonds. The van der Waals surface area contributed by atoms with E-state index in [0.29, 0.717) is 11.6 Å². The summed E-state index contributed by atoms with van der Waals surface area (Å²) in [5.41, 5.74) is 4.45. The number of carbonyl (C=O) groups excluding carboxylic acids is 1. The quantitative estimate of drug-likeness (QED) is 0.343. The average Bonchev–Trinajstić information content (AvgIpc) is 3.63. The van der Waals surface area contributed by atoms with Crippen LogP contribution in [0.1, 0.15) is 48.8 Å². The number of aromatic nitrogens is 3. The van der Waals surface area contributed by atoms with Crippen molar-refractivity contribution >= 4 is 16.9 Å². The summed E-state index contributed by atoms with van der Waals surface area (Å²) in [5.74, 6) is 1.41. The van der Waals surface area contributed by atoms with Gasteiger partial charge in [-0.1, -0.05) is 24.3 Å². The molecule has 1 N–H and O–H groups in total. The molecule has 2 aromatic heterocycles. The number of pyridine rings is 1. The Morgan fingerprint density at radius 3 is 2.53 bits per heavy atom. The van der Waals surface area contributed by atoms with E-state index in [-0.39, 0.29) is 18.1 Å². The molecule has 1 aliphatic carbocycles. The summed E-state index contributed by atoms with van der Waals surface area (Å²) in [4.78, 5) is 21.6. The molecule has 0 unspecified atom stereocenters. The van der Waals surface area contributed by atoms with Crippen molar-refractivity contribution in [2.75, 3.05) is 6.61 Å². The number of alkyl halides is 3. The third-order valence-corrected chi connectivity index (χ3v) is 6.07. The number of benzene rings is 2. The molecule has 0 radical (unpaired) electrons. The SMILES string of the molecule is C[C@@H](NC(=O)Cc1ccc(-n2c(C3CC3)nc3ccccc32)cc1)c1ccc(OCC(F)(F)F)cn1. The molecule has 0 bridgehead atoms. The van der Waals surface area contributed by atoms with Crippen LogP contribution < -0.4 is 10.1 Å². The van der Waals surface area contributed by atoms with Gasteiger partial charge in [0.05, 0.1) is 35.4 Å². The number of nitrogens with one attached hydrogen (secondary N) is 1. The Kier molecular flexibility index (Phi) is 6.38. The molecule has 1 fully saturated rings. The Morgan fingerprint density at radius 2 is 1.86 bits per heavy atom. The third-order valence-electron chi connectivity index (χ3n) is 6.07. The minimum absolute atomic E-state index is 0.0187. The van der Waals surface area contributed by atoms with Crippen molar-refractivity contribution in [3.8, 4) is 11.4 Å². The smallest absolute Gasteiger partial charge is 0.422 e. The van der Waals surface area contributed by atoms with E-state index in [2.05, 4.69) is 25.7 Å². The first-order chi connectivity index (χ1) is 17.3. The lowest BCUT2D eigenvalue weighted by molar-refractivity contribution is -0.153. The van der Waals surface area contributed by atoms with Gasteiger partial charge in [0, 0.05) is 11.6 Å². The molecule has 2 aromatic carbocycles. The number of rotatable bonds is 8. The van der Waals surface area contributed by atoms with Gasteiger partial charge in [0.2, 0.25) is 5.91 Å². The molecule has 5 rings (SSSR count). The Bertz CT molecular complexity index is 1360. The number of imidazole rings is 1. The number of ether oxygens (including phenoxy) is 1. The fraction of sp³-hybridized carbons (Fsp3) is 0.296. The lowest BCUT2D eigenvalue weighted by atomic mass is 10.1. The maximum Gasteiger partial charge on any atom is 0.422 e. The van der Waals surface area contributed by atoms with Crippen molar-refractivity contribution in [2.24, 2.45) is 0 Å². The molecule has 1 saturated carbocycles. The van der Waals surface area contributed by atoms with Crippen LogP contribution in [0.25, 0.3) is 16.7 Å². The van der Waals surface area contributed by atoms with Crippen LogP contribution in [0.3, 0.4) is 0 Å². The van der Waals surface area contributed by atoms with Crippen molar-refractivity contribution in [1.29, 1.82) is 0 Å². The molecule has 0 spiro atoms. The highest BCUT2D eigenvalue weighted by molar-refractivity contribution is 5.80. The minimum Gasteiger partial charge on any atom is -0.483 e. The van der Waals surface area contributed by atoms with E-state index in [1.807, 2.05) is 42.5 Å². The fourth-order valence-corrected chi connectivity index (χ4v) is 4.14. The monoisotopic (exact) mass is 494 g/mol. The summed E-state index contributed by atoms with van der Waals surface area (Å²) in [7, 11) is 0. The van der Waals surface area contributed by atoms with E-state index in [1.165, 1.54) is 12.3 Å². The molecule has 0 aliphatic heterocycles. The lowest BCUT2D eigenvalue weighted by Crippen LogP contribution is -2.28. The molecule has 4 aromatic rings. The lowest BCUT2D eigenvalue weighted by Gasteiger charge is -2.15. The van der Waals surface area contributed by atoms with Gasteiger partial charge in [-0.3, -0.25) is 14.3 Å². The number of nitrogens with zero attached hydrogens (tertiary/aromatic N) is 3. The Balaban J connectivity index is 1.22. The molecular weight excluding hydrogens is 469 g/mol. The second kappa shape index (κ2) is 9.64. The largest absolute Gasteiger partial charge is 0.483 e. The maximum atomic E-state index is 12.6.